The Morgan fingerprint density at radius 3 is 0.792 bits per heavy atom. The summed E-state index contributed by atoms with van der Waals surface area (Å²) in [4.78, 5) is 38.4. The van der Waals surface area contributed by atoms with Gasteiger partial charge in [-0.2, -0.15) is 0 Å². The molecule has 0 aromatic rings. The number of esters is 3. The van der Waals surface area contributed by atoms with Crippen LogP contribution in [-0.2, 0) is 28.6 Å². The maximum absolute atomic E-state index is 12.9. The zero-order chi connectivity index (χ0) is 55.7. The van der Waals surface area contributed by atoms with Crippen LogP contribution in [0, 0.1) is 0 Å². The van der Waals surface area contributed by atoms with E-state index in [9.17, 15) is 14.4 Å². The van der Waals surface area contributed by atoms with Crippen LogP contribution in [0.15, 0.2) is 48.6 Å². The first kappa shape index (κ1) is 74.4. The predicted octanol–water partition coefficient (Wildman–Crippen LogP) is 23.3. The molecule has 0 spiro atoms. The molecule has 6 nitrogen and oxygen atoms in total. The molecule has 0 radical (unpaired) electrons. The molecule has 0 aromatic heterocycles. The fourth-order valence-corrected chi connectivity index (χ4v) is 10.3. The largest absolute Gasteiger partial charge is 0.462 e. The van der Waals surface area contributed by atoms with Gasteiger partial charge in [0.25, 0.3) is 0 Å². The molecule has 0 aliphatic heterocycles. The number of rotatable bonds is 63. The summed E-state index contributed by atoms with van der Waals surface area (Å²) in [5.41, 5.74) is 0. The van der Waals surface area contributed by atoms with Gasteiger partial charge in [0, 0.05) is 19.3 Å². The van der Waals surface area contributed by atoms with Gasteiger partial charge in [0.1, 0.15) is 13.2 Å². The third-order valence-corrected chi connectivity index (χ3v) is 15.3. The third kappa shape index (κ3) is 64.1. The van der Waals surface area contributed by atoms with Crippen molar-refractivity contribution in [1.82, 2.24) is 0 Å². The van der Waals surface area contributed by atoms with Crippen molar-refractivity contribution in [2.45, 2.75) is 374 Å². The Hall–Kier alpha value is -2.63. The Balaban J connectivity index is 4.25. The first-order chi connectivity index (χ1) is 38.0. The fourth-order valence-electron chi connectivity index (χ4n) is 10.3. The molecule has 0 N–H and O–H groups in total. The minimum absolute atomic E-state index is 0.0672. The Labute approximate surface area is 479 Å². The molecule has 0 saturated heterocycles. The van der Waals surface area contributed by atoms with E-state index < -0.39 is 6.10 Å². The van der Waals surface area contributed by atoms with E-state index in [1.807, 2.05) is 0 Å². The van der Waals surface area contributed by atoms with Crippen LogP contribution in [0.2, 0.25) is 0 Å². The van der Waals surface area contributed by atoms with Crippen LogP contribution < -0.4 is 0 Å². The number of hydrogen-bond donors (Lipinski definition) is 0. The van der Waals surface area contributed by atoms with Gasteiger partial charge in [-0.3, -0.25) is 14.4 Å². The molecule has 0 aromatic carbocycles. The molecule has 1 unspecified atom stereocenters. The van der Waals surface area contributed by atoms with E-state index >= 15 is 0 Å². The summed E-state index contributed by atoms with van der Waals surface area (Å²) < 4.78 is 17.0. The van der Waals surface area contributed by atoms with E-state index in [-0.39, 0.29) is 31.1 Å². The number of hydrogen-bond acceptors (Lipinski definition) is 6. The van der Waals surface area contributed by atoms with Crippen LogP contribution in [0.3, 0.4) is 0 Å². The molecule has 1 atom stereocenters. The quantitative estimate of drug-likeness (QED) is 0.0261. The highest BCUT2D eigenvalue weighted by Crippen LogP contribution is 2.18. The second kappa shape index (κ2) is 65.9. The maximum Gasteiger partial charge on any atom is 0.306 e. The van der Waals surface area contributed by atoms with E-state index in [4.69, 9.17) is 14.2 Å². The summed E-state index contributed by atoms with van der Waals surface area (Å²) in [6, 6.07) is 0. The maximum atomic E-state index is 12.9. The lowest BCUT2D eigenvalue weighted by Crippen LogP contribution is -2.30. The van der Waals surface area contributed by atoms with Gasteiger partial charge in [0.2, 0.25) is 0 Å². The zero-order valence-electron chi connectivity index (χ0n) is 51.7. The molecule has 0 aliphatic rings. The molecule has 0 saturated carbocycles. The normalized spacial score (nSPS) is 12.3. The van der Waals surface area contributed by atoms with Crippen LogP contribution in [0.4, 0.5) is 0 Å². The molecule has 77 heavy (non-hydrogen) atoms. The van der Waals surface area contributed by atoms with Crippen LogP contribution in [0.5, 0.6) is 0 Å². The summed E-state index contributed by atoms with van der Waals surface area (Å²) in [5, 5.41) is 0. The van der Waals surface area contributed by atoms with Crippen molar-refractivity contribution in [2.75, 3.05) is 13.2 Å². The molecular formula is C71H130O6. The average Bonchev–Trinajstić information content (AvgIpc) is 3.43. The van der Waals surface area contributed by atoms with Gasteiger partial charge >= 0.3 is 17.9 Å². The van der Waals surface area contributed by atoms with Gasteiger partial charge in [0.15, 0.2) is 6.10 Å². The number of carbonyl (C=O) groups is 3. The predicted molar refractivity (Wildman–Crippen MR) is 335 cm³/mol. The lowest BCUT2D eigenvalue weighted by molar-refractivity contribution is -0.167. The Morgan fingerprint density at radius 2 is 0.506 bits per heavy atom. The molecule has 0 heterocycles. The number of carbonyl (C=O) groups excluding carboxylic acids is 3. The van der Waals surface area contributed by atoms with Gasteiger partial charge in [-0.05, 0) is 57.8 Å². The van der Waals surface area contributed by atoms with Gasteiger partial charge in [-0.1, -0.05) is 339 Å². The molecule has 0 rings (SSSR count). The standard InChI is InChI=1S/C71H130O6/c1-4-7-10-13-16-19-22-25-27-29-31-33-34-35-36-38-39-41-43-46-49-52-55-58-61-64-70(73)76-67-68(66-75-69(72)63-60-57-54-51-48-45-24-21-18-15-12-9-6-3)77-71(74)65-62-59-56-53-50-47-44-42-40-37-32-30-28-26-23-20-17-14-11-8-5-2/h7,10,16,19,25,27,31,33,68H,4-6,8-9,11-15,17-18,20-24,26,28-30,32,34-67H2,1-3H3/b10-7-,19-16-,27-25-,33-31-. The number of ether oxygens (including phenoxy) is 3. The fraction of sp³-hybridized carbons (Fsp3) is 0.845. The van der Waals surface area contributed by atoms with Crippen molar-refractivity contribution in [2.24, 2.45) is 0 Å². The summed E-state index contributed by atoms with van der Waals surface area (Å²) in [7, 11) is 0. The third-order valence-electron chi connectivity index (χ3n) is 15.3. The summed E-state index contributed by atoms with van der Waals surface area (Å²) >= 11 is 0. The number of allylic oxidation sites excluding steroid dienone is 8. The molecule has 6 heteroatoms. The van der Waals surface area contributed by atoms with Gasteiger partial charge in [-0.15, -0.1) is 0 Å². The van der Waals surface area contributed by atoms with Crippen molar-refractivity contribution in [3.8, 4) is 0 Å². The van der Waals surface area contributed by atoms with Crippen molar-refractivity contribution in [1.29, 1.82) is 0 Å². The highest BCUT2D eigenvalue weighted by atomic mass is 16.6. The Kier molecular flexibility index (Phi) is 63.6. The molecule has 0 amide bonds. The highest BCUT2D eigenvalue weighted by Gasteiger charge is 2.19. The van der Waals surface area contributed by atoms with Gasteiger partial charge in [-0.25, -0.2) is 0 Å². The van der Waals surface area contributed by atoms with E-state index in [0.29, 0.717) is 19.3 Å². The Morgan fingerprint density at radius 1 is 0.273 bits per heavy atom. The zero-order valence-corrected chi connectivity index (χ0v) is 51.7. The van der Waals surface area contributed by atoms with E-state index in [1.54, 1.807) is 0 Å². The van der Waals surface area contributed by atoms with Gasteiger partial charge in [0.05, 0.1) is 0 Å². The van der Waals surface area contributed by atoms with Crippen LogP contribution in [0.25, 0.3) is 0 Å². The van der Waals surface area contributed by atoms with E-state index in [1.165, 1.54) is 244 Å². The minimum Gasteiger partial charge on any atom is -0.462 e. The summed E-state index contributed by atoms with van der Waals surface area (Å²) in [5.74, 6) is -0.842. The average molecular weight is 1080 g/mol. The van der Waals surface area contributed by atoms with Crippen molar-refractivity contribution < 1.29 is 28.6 Å². The first-order valence-electron chi connectivity index (χ1n) is 34.1. The van der Waals surface area contributed by atoms with Crippen LogP contribution >= 0.6 is 0 Å². The SMILES string of the molecule is CC/C=C\C/C=C\C/C=C\C/C=C\CCCCCCCCCCCCCCC(=O)OCC(COC(=O)CCCCCCCCCCCCCCC)OC(=O)CCCCCCCCCCCCCCCCCCCCCCC. The first-order valence-corrected chi connectivity index (χ1v) is 34.1. The monoisotopic (exact) mass is 1080 g/mol. The molecular weight excluding hydrogens is 949 g/mol. The second-order valence-corrected chi connectivity index (χ2v) is 23.1. The van der Waals surface area contributed by atoms with Crippen LogP contribution in [-0.4, -0.2) is 37.2 Å². The lowest BCUT2D eigenvalue weighted by Gasteiger charge is -2.18. The lowest BCUT2D eigenvalue weighted by atomic mass is 10.0. The van der Waals surface area contributed by atoms with Gasteiger partial charge < -0.3 is 14.2 Å². The van der Waals surface area contributed by atoms with Crippen LogP contribution in [0.1, 0.15) is 367 Å². The minimum atomic E-state index is -0.770. The smallest absolute Gasteiger partial charge is 0.306 e. The molecule has 450 valence electrons. The van der Waals surface area contributed by atoms with E-state index in [2.05, 4.69) is 69.4 Å². The van der Waals surface area contributed by atoms with Crippen molar-refractivity contribution >= 4 is 17.9 Å². The number of unbranched alkanes of at least 4 members (excludes halogenated alkanes) is 44. The molecule has 0 fully saturated rings. The molecule has 0 aliphatic carbocycles. The summed E-state index contributed by atoms with van der Waals surface area (Å²) in [6.07, 6.45) is 82.7. The second-order valence-electron chi connectivity index (χ2n) is 23.1. The summed E-state index contributed by atoms with van der Waals surface area (Å²) in [6.45, 7) is 6.60. The molecule has 0 bridgehead atoms. The highest BCUT2D eigenvalue weighted by molar-refractivity contribution is 5.71. The Bertz CT molecular complexity index is 1330. The van der Waals surface area contributed by atoms with Crippen molar-refractivity contribution in [3.63, 3.8) is 0 Å². The topological polar surface area (TPSA) is 78.9 Å². The van der Waals surface area contributed by atoms with E-state index in [0.717, 1.165) is 83.5 Å². The van der Waals surface area contributed by atoms with Crippen molar-refractivity contribution in [3.05, 3.63) is 48.6 Å².